The van der Waals surface area contributed by atoms with Crippen molar-refractivity contribution >= 4 is 0 Å². The van der Waals surface area contributed by atoms with Crippen LogP contribution in [0.15, 0.2) is 0 Å². The van der Waals surface area contributed by atoms with Gasteiger partial charge in [0, 0.05) is 13.2 Å². The van der Waals surface area contributed by atoms with E-state index in [9.17, 15) is 0 Å². The van der Waals surface area contributed by atoms with E-state index in [1.807, 2.05) is 0 Å². The lowest BCUT2D eigenvalue weighted by Gasteiger charge is -2.13. The molecule has 0 aromatic heterocycles. The average Bonchev–Trinajstić information content (AvgIpc) is 2.22. The highest BCUT2D eigenvalue weighted by molar-refractivity contribution is 4.57. The largest absolute Gasteiger partial charge is 0.382 e. The van der Waals surface area contributed by atoms with Crippen LogP contribution in [0, 0.1) is 5.92 Å². The summed E-state index contributed by atoms with van der Waals surface area (Å²) in [6.07, 6.45) is 9.54. The smallest absolute Gasteiger partial charge is 0.0465 e. The highest BCUT2D eigenvalue weighted by Gasteiger charge is 2.04. The molecule has 0 spiro atoms. The summed E-state index contributed by atoms with van der Waals surface area (Å²) in [5.74, 6) is 0.969. The first-order chi connectivity index (χ1) is 6.85. The molecule has 14 heavy (non-hydrogen) atoms. The van der Waals surface area contributed by atoms with Crippen molar-refractivity contribution in [3.63, 3.8) is 0 Å². The summed E-state index contributed by atoms with van der Waals surface area (Å²) in [6, 6.07) is 0. The minimum atomic E-state index is 0.868. The van der Waals surface area contributed by atoms with Crippen molar-refractivity contribution in [1.82, 2.24) is 0 Å². The van der Waals surface area contributed by atoms with E-state index in [2.05, 4.69) is 20.8 Å². The molecule has 1 unspecified atom stereocenters. The molecule has 1 atom stereocenters. The maximum Gasteiger partial charge on any atom is 0.0465 e. The minimum absolute atomic E-state index is 0.868. The molecular formula is C13H28O. The molecule has 0 aromatic carbocycles. The maximum atomic E-state index is 5.33. The lowest BCUT2D eigenvalue weighted by Crippen LogP contribution is -2.00. The van der Waals surface area contributed by atoms with Crippen LogP contribution in [0.25, 0.3) is 0 Å². The van der Waals surface area contributed by atoms with Gasteiger partial charge >= 0.3 is 0 Å². The van der Waals surface area contributed by atoms with Crippen LogP contribution in [0.1, 0.15) is 65.7 Å². The summed E-state index contributed by atoms with van der Waals surface area (Å²) in [7, 11) is 0. The van der Waals surface area contributed by atoms with Gasteiger partial charge < -0.3 is 4.74 Å². The van der Waals surface area contributed by atoms with Crippen LogP contribution in [-0.2, 0) is 4.74 Å². The van der Waals surface area contributed by atoms with Crippen molar-refractivity contribution in [3.05, 3.63) is 0 Å². The highest BCUT2D eigenvalue weighted by atomic mass is 16.5. The van der Waals surface area contributed by atoms with Gasteiger partial charge in [0.1, 0.15) is 0 Å². The van der Waals surface area contributed by atoms with Gasteiger partial charge in [-0.3, -0.25) is 0 Å². The molecule has 0 aliphatic carbocycles. The summed E-state index contributed by atoms with van der Waals surface area (Å²) in [6.45, 7) is 8.49. The zero-order valence-corrected chi connectivity index (χ0v) is 10.3. The molecule has 0 heterocycles. The van der Waals surface area contributed by atoms with Gasteiger partial charge in [0.25, 0.3) is 0 Å². The lowest BCUT2D eigenvalue weighted by molar-refractivity contribution is 0.141. The Bertz CT molecular complexity index is 101. The van der Waals surface area contributed by atoms with Gasteiger partial charge in [-0.25, -0.2) is 0 Å². The number of ether oxygens (including phenoxy) is 1. The van der Waals surface area contributed by atoms with Gasteiger partial charge in [-0.15, -0.1) is 0 Å². The molecule has 0 saturated carbocycles. The van der Waals surface area contributed by atoms with E-state index < -0.39 is 0 Å². The predicted molar refractivity (Wildman–Crippen MR) is 63.7 cm³/mol. The number of rotatable bonds is 10. The van der Waals surface area contributed by atoms with Gasteiger partial charge in [0.2, 0.25) is 0 Å². The van der Waals surface area contributed by atoms with Crippen LogP contribution < -0.4 is 0 Å². The lowest BCUT2D eigenvalue weighted by atomic mass is 9.94. The van der Waals surface area contributed by atoms with Gasteiger partial charge in [0.05, 0.1) is 0 Å². The van der Waals surface area contributed by atoms with E-state index in [1.165, 1.54) is 44.9 Å². The molecule has 0 amide bonds. The van der Waals surface area contributed by atoms with Crippen molar-refractivity contribution in [2.75, 3.05) is 13.2 Å². The molecule has 0 radical (unpaired) electrons. The highest BCUT2D eigenvalue weighted by Crippen LogP contribution is 2.19. The van der Waals surface area contributed by atoms with Crippen molar-refractivity contribution in [2.45, 2.75) is 65.7 Å². The Kier molecular flexibility index (Phi) is 11.0. The zero-order valence-electron chi connectivity index (χ0n) is 10.3. The Morgan fingerprint density at radius 2 is 1.64 bits per heavy atom. The molecule has 86 valence electrons. The second-order valence-corrected chi connectivity index (χ2v) is 4.11. The van der Waals surface area contributed by atoms with Crippen LogP contribution in [0.5, 0.6) is 0 Å². The molecule has 1 heteroatoms. The van der Waals surface area contributed by atoms with E-state index in [1.54, 1.807) is 0 Å². The van der Waals surface area contributed by atoms with Crippen LogP contribution in [0.4, 0.5) is 0 Å². The Labute approximate surface area is 90.2 Å². The molecular weight excluding hydrogens is 172 g/mol. The van der Waals surface area contributed by atoms with Crippen molar-refractivity contribution in [2.24, 2.45) is 5.92 Å². The molecule has 0 bridgehead atoms. The molecule has 0 rings (SSSR count). The van der Waals surface area contributed by atoms with E-state index >= 15 is 0 Å². The standard InChI is InChI=1S/C13H28O/c1-4-7-10-13(5-2)11-8-9-12-14-6-3/h13H,4-12H2,1-3H3. The second-order valence-electron chi connectivity index (χ2n) is 4.11. The molecule has 0 aliphatic heterocycles. The Morgan fingerprint density at radius 3 is 2.21 bits per heavy atom. The van der Waals surface area contributed by atoms with Gasteiger partial charge in [-0.05, 0) is 19.3 Å². The molecule has 0 aliphatic rings. The molecule has 0 aromatic rings. The van der Waals surface area contributed by atoms with E-state index in [4.69, 9.17) is 4.74 Å². The Morgan fingerprint density at radius 1 is 0.929 bits per heavy atom. The van der Waals surface area contributed by atoms with Gasteiger partial charge in [0.15, 0.2) is 0 Å². The first-order valence-electron chi connectivity index (χ1n) is 6.42. The molecule has 1 nitrogen and oxygen atoms in total. The second kappa shape index (κ2) is 11.0. The number of hydrogen-bond acceptors (Lipinski definition) is 1. The molecule has 0 saturated heterocycles. The van der Waals surface area contributed by atoms with Crippen LogP contribution in [0.2, 0.25) is 0 Å². The summed E-state index contributed by atoms with van der Waals surface area (Å²) in [5.41, 5.74) is 0. The molecule has 0 N–H and O–H groups in total. The monoisotopic (exact) mass is 200 g/mol. The van der Waals surface area contributed by atoms with Gasteiger partial charge in [-0.2, -0.15) is 0 Å². The summed E-state index contributed by atoms with van der Waals surface area (Å²) in [5, 5.41) is 0. The average molecular weight is 200 g/mol. The summed E-state index contributed by atoms with van der Waals surface area (Å²) >= 11 is 0. The van der Waals surface area contributed by atoms with Crippen LogP contribution in [0.3, 0.4) is 0 Å². The maximum absolute atomic E-state index is 5.33. The fraction of sp³-hybridized carbons (Fsp3) is 1.00. The Balaban J connectivity index is 3.24. The summed E-state index contributed by atoms with van der Waals surface area (Å²) in [4.78, 5) is 0. The van der Waals surface area contributed by atoms with Crippen molar-refractivity contribution in [3.8, 4) is 0 Å². The third-order valence-corrected chi connectivity index (χ3v) is 2.90. The van der Waals surface area contributed by atoms with Crippen molar-refractivity contribution in [1.29, 1.82) is 0 Å². The molecule has 0 fully saturated rings. The third kappa shape index (κ3) is 8.55. The number of hydrogen-bond donors (Lipinski definition) is 0. The Hall–Kier alpha value is -0.0400. The fourth-order valence-electron chi connectivity index (χ4n) is 1.83. The minimum Gasteiger partial charge on any atom is -0.382 e. The van der Waals surface area contributed by atoms with E-state index in [0.29, 0.717) is 0 Å². The SMILES string of the molecule is CCCCC(CC)CCCCOCC. The van der Waals surface area contributed by atoms with E-state index in [-0.39, 0.29) is 0 Å². The quantitative estimate of drug-likeness (QED) is 0.475. The van der Waals surface area contributed by atoms with Crippen LogP contribution >= 0.6 is 0 Å². The van der Waals surface area contributed by atoms with Crippen LogP contribution in [-0.4, -0.2) is 13.2 Å². The van der Waals surface area contributed by atoms with E-state index in [0.717, 1.165) is 19.1 Å². The normalized spacial score (nSPS) is 13.1. The first-order valence-corrected chi connectivity index (χ1v) is 6.42. The topological polar surface area (TPSA) is 9.23 Å². The van der Waals surface area contributed by atoms with Gasteiger partial charge in [-0.1, -0.05) is 52.4 Å². The number of unbranched alkanes of at least 4 members (excludes halogenated alkanes) is 2. The third-order valence-electron chi connectivity index (χ3n) is 2.90. The predicted octanol–water partition coefficient (Wildman–Crippen LogP) is 4.41. The van der Waals surface area contributed by atoms with Crippen molar-refractivity contribution < 1.29 is 4.74 Å². The first kappa shape index (κ1) is 14.0. The zero-order chi connectivity index (χ0) is 10.6. The fourth-order valence-corrected chi connectivity index (χ4v) is 1.83. The summed E-state index contributed by atoms with van der Waals surface area (Å²) < 4.78 is 5.33.